The number of amides is 2. The molecule has 1 rings (SSSR count). The third kappa shape index (κ3) is 11.2. The fraction of sp³-hybridized carbons (Fsp3) is 0.625. The van der Waals surface area contributed by atoms with Gasteiger partial charge in [0, 0.05) is 23.9 Å². The van der Waals surface area contributed by atoms with Crippen molar-refractivity contribution in [2.75, 3.05) is 18.8 Å². The highest BCUT2D eigenvalue weighted by molar-refractivity contribution is 7.85. The van der Waals surface area contributed by atoms with Crippen molar-refractivity contribution in [2.45, 2.75) is 72.3 Å². The minimum Gasteiger partial charge on any atom is -0.425 e. The van der Waals surface area contributed by atoms with E-state index in [4.69, 9.17) is 15.0 Å². The normalized spacial score (nSPS) is 12.8. The molecular formula is C24H39N3O7S. The lowest BCUT2D eigenvalue weighted by atomic mass is 9.78. The van der Waals surface area contributed by atoms with E-state index in [1.807, 2.05) is 47.6 Å². The molecule has 198 valence electrons. The van der Waals surface area contributed by atoms with Gasteiger partial charge in [0.15, 0.2) is 0 Å². The molecule has 35 heavy (non-hydrogen) atoms. The number of nitrogens with one attached hydrogen (secondary N) is 2. The number of aryl methyl sites for hydroxylation is 2. The molecular weight excluding hydrogens is 474 g/mol. The van der Waals surface area contributed by atoms with E-state index in [2.05, 4.69) is 10.6 Å². The topological polar surface area (TPSA) is 165 Å². The molecule has 0 saturated carbocycles. The van der Waals surface area contributed by atoms with Gasteiger partial charge in [0.1, 0.15) is 11.8 Å². The molecule has 0 aromatic heterocycles. The van der Waals surface area contributed by atoms with Crippen molar-refractivity contribution in [1.29, 1.82) is 0 Å². The van der Waals surface area contributed by atoms with Gasteiger partial charge in [-0.2, -0.15) is 8.42 Å². The predicted octanol–water partition coefficient (Wildman–Crippen LogP) is 1.76. The average molecular weight is 514 g/mol. The van der Waals surface area contributed by atoms with E-state index in [0.717, 1.165) is 11.1 Å². The molecule has 0 radical (unpaired) electrons. The Labute approximate surface area is 208 Å². The first-order valence-electron chi connectivity index (χ1n) is 11.6. The van der Waals surface area contributed by atoms with Crippen LogP contribution in [-0.2, 0) is 29.9 Å². The van der Waals surface area contributed by atoms with Gasteiger partial charge >= 0.3 is 5.97 Å². The summed E-state index contributed by atoms with van der Waals surface area (Å²) in [5, 5.41) is 5.03. The lowest BCUT2D eigenvalue weighted by molar-refractivity contribution is -0.136. The van der Waals surface area contributed by atoms with Gasteiger partial charge in [-0.1, -0.05) is 33.8 Å². The van der Waals surface area contributed by atoms with Gasteiger partial charge in [-0.25, -0.2) is 4.79 Å². The third-order valence-electron chi connectivity index (χ3n) is 5.31. The van der Waals surface area contributed by atoms with Crippen LogP contribution in [0.2, 0.25) is 0 Å². The van der Waals surface area contributed by atoms with Crippen LogP contribution in [-0.4, -0.2) is 55.6 Å². The second-order valence-electron chi connectivity index (χ2n) is 9.94. The second-order valence-corrected chi connectivity index (χ2v) is 11.5. The molecule has 0 aliphatic carbocycles. The Balaban J connectivity index is 2.84. The Morgan fingerprint density at radius 2 is 1.74 bits per heavy atom. The predicted molar refractivity (Wildman–Crippen MR) is 134 cm³/mol. The molecule has 1 aromatic rings. The number of rotatable bonds is 13. The van der Waals surface area contributed by atoms with Crippen LogP contribution in [0.3, 0.4) is 0 Å². The van der Waals surface area contributed by atoms with Gasteiger partial charge in [-0.05, 0) is 49.8 Å². The minimum absolute atomic E-state index is 0.0233. The number of carbonyl (C=O) groups excluding carboxylic acids is 3. The summed E-state index contributed by atoms with van der Waals surface area (Å²) in [5.41, 5.74) is 7.73. The van der Waals surface area contributed by atoms with Crippen LogP contribution in [0.5, 0.6) is 5.75 Å². The molecule has 0 spiro atoms. The molecule has 0 heterocycles. The summed E-state index contributed by atoms with van der Waals surface area (Å²) >= 11 is 0. The molecule has 0 saturated heterocycles. The molecule has 0 bridgehead atoms. The second kappa shape index (κ2) is 13.0. The number of carbonyl (C=O) groups is 3. The molecule has 0 aliphatic heterocycles. The van der Waals surface area contributed by atoms with Crippen molar-refractivity contribution in [3.05, 3.63) is 28.8 Å². The zero-order valence-corrected chi connectivity index (χ0v) is 22.3. The standard InChI is InChI=1S/C24H39N3O7S/c1-15(2)10-18(25)23(30)34-19-12-16(3)11-17(4)22(19)24(5,6)13-20(28)27-14-21(29)26-8-7-9-35(31,32)33/h11-12,15,18H,7-10,13-14,25H2,1-6H3,(H,26,29)(H,27,28)(H,31,32,33)/t18-/m0/s1. The van der Waals surface area contributed by atoms with Gasteiger partial charge < -0.3 is 21.1 Å². The SMILES string of the molecule is Cc1cc(C)c(C(C)(C)CC(=O)NCC(=O)NCCCS(=O)(=O)O)c(OC(=O)[C@@H](N)CC(C)C)c1. The Hall–Kier alpha value is -2.50. The van der Waals surface area contributed by atoms with Crippen molar-refractivity contribution in [1.82, 2.24) is 10.6 Å². The van der Waals surface area contributed by atoms with Crippen molar-refractivity contribution < 1.29 is 32.1 Å². The first kappa shape index (κ1) is 30.5. The van der Waals surface area contributed by atoms with E-state index in [0.29, 0.717) is 17.7 Å². The van der Waals surface area contributed by atoms with E-state index in [9.17, 15) is 22.8 Å². The Kier molecular flexibility index (Phi) is 11.3. The van der Waals surface area contributed by atoms with Gasteiger partial charge in [-0.3, -0.25) is 14.1 Å². The summed E-state index contributed by atoms with van der Waals surface area (Å²) in [6.07, 6.45) is 0.568. The lowest BCUT2D eigenvalue weighted by Crippen LogP contribution is -2.40. The molecule has 11 heteroatoms. The van der Waals surface area contributed by atoms with Crippen molar-refractivity contribution >= 4 is 27.9 Å². The fourth-order valence-electron chi connectivity index (χ4n) is 3.94. The lowest BCUT2D eigenvalue weighted by Gasteiger charge is -2.29. The smallest absolute Gasteiger partial charge is 0.328 e. The maximum atomic E-state index is 12.6. The number of hydrogen-bond acceptors (Lipinski definition) is 7. The van der Waals surface area contributed by atoms with Gasteiger partial charge in [0.25, 0.3) is 10.1 Å². The van der Waals surface area contributed by atoms with E-state index in [-0.39, 0.29) is 37.8 Å². The molecule has 5 N–H and O–H groups in total. The van der Waals surface area contributed by atoms with Crippen LogP contribution in [0, 0.1) is 19.8 Å². The fourth-order valence-corrected chi connectivity index (χ4v) is 4.45. The van der Waals surface area contributed by atoms with Crippen LogP contribution in [0.1, 0.15) is 63.6 Å². The minimum atomic E-state index is -4.08. The molecule has 10 nitrogen and oxygen atoms in total. The first-order chi connectivity index (χ1) is 16.0. The molecule has 0 fully saturated rings. The largest absolute Gasteiger partial charge is 0.425 e. The number of hydrogen-bond donors (Lipinski definition) is 4. The van der Waals surface area contributed by atoms with Crippen LogP contribution >= 0.6 is 0 Å². The molecule has 1 aromatic carbocycles. The number of nitrogens with two attached hydrogens (primary N) is 1. The zero-order valence-electron chi connectivity index (χ0n) is 21.4. The Morgan fingerprint density at radius 1 is 1.11 bits per heavy atom. The molecule has 1 atom stereocenters. The number of ether oxygens (including phenoxy) is 1. The summed E-state index contributed by atoms with van der Waals surface area (Å²) in [4.78, 5) is 37.1. The summed E-state index contributed by atoms with van der Waals surface area (Å²) in [7, 11) is -4.08. The highest BCUT2D eigenvalue weighted by Crippen LogP contribution is 2.38. The van der Waals surface area contributed by atoms with E-state index < -0.39 is 39.2 Å². The molecule has 0 unspecified atom stereocenters. The van der Waals surface area contributed by atoms with Crippen molar-refractivity contribution in [3.63, 3.8) is 0 Å². The van der Waals surface area contributed by atoms with Crippen molar-refractivity contribution in [3.8, 4) is 5.75 Å². The highest BCUT2D eigenvalue weighted by atomic mass is 32.2. The van der Waals surface area contributed by atoms with Crippen LogP contribution in [0.4, 0.5) is 0 Å². The van der Waals surface area contributed by atoms with Gasteiger partial charge in [-0.15, -0.1) is 0 Å². The monoisotopic (exact) mass is 513 g/mol. The zero-order chi connectivity index (χ0) is 27.0. The summed E-state index contributed by atoms with van der Waals surface area (Å²) in [6.45, 7) is 11.2. The van der Waals surface area contributed by atoms with Crippen molar-refractivity contribution in [2.24, 2.45) is 11.7 Å². The Bertz CT molecular complexity index is 1020. The quantitative estimate of drug-likeness (QED) is 0.134. The maximum absolute atomic E-state index is 12.6. The van der Waals surface area contributed by atoms with Crippen LogP contribution < -0.4 is 21.1 Å². The number of esters is 1. The number of benzene rings is 1. The van der Waals surface area contributed by atoms with E-state index >= 15 is 0 Å². The van der Waals surface area contributed by atoms with E-state index in [1.165, 1.54) is 0 Å². The summed E-state index contributed by atoms with van der Waals surface area (Å²) in [5.74, 6) is -1.25. The summed E-state index contributed by atoms with van der Waals surface area (Å²) in [6, 6.07) is 2.94. The first-order valence-corrected chi connectivity index (χ1v) is 13.2. The average Bonchev–Trinajstić information content (AvgIpc) is 2.67. The maximum Gasteiger partial charge on any atom is 0.328 e. The molecule has 0 aliphatic rings. The Morgan fingerprint density at radius 3 is 2.31 bits per heavy atom. The van der Waals surface area contributed by atoms with Gasteiger partial charge in [0.2, 0.25) is 11.8 Å². The van der Waals surface area contributed by atoms with Crippen LogP contribution in [0.15, 0.2) is 12.1 Å². The highest BCUT2D eigenvalue weighted by Gasteiger charge is 2.31. The van der Waals surface area contributed by atoms with Gasteiger partial charge in [0.05, 0.1) is 12.3 Å². The third-order valence-corrected chi connectivity index (χ3v) is 6.11. The summed E-state index contributed by atoms with van der Waals surface area (Å²) < 4.78 is 35.8. The van der Waals surface area contributed by atoms with E-state index in [1.54, 1.807) is 6.07 Å². The van der Waals surface area contributed by atoms with Crippen LogP contribution in [0.25, 0.3) is 0 Å². The molecule has 2 amide bonds.